The first-order valence-electron chi connectivity index (χ1n) is 10.2. The van der Waals surface area contributed by atoms with Gasteiger partial charge in [-0.15, -0.1) is 0 Å². The van der Waals surface area contributed by atoms with E-state index >= 15 is 0 Å². The van der Waals surface area contributed by atoms with Gasteiger partial charge < -0.3 is 9.84 Å². The Kier molecular flexibility index (Phi) is 6.57. The number of carbonyl (C=O) groups excluding carboxylic acids is 1. The number of amides is 1. The van der Waals surface area contributed by atoms with Crippen LogP contribution in [0.15, 0.2) is 68.7 Å². The van der Waals surface area contributed by atoms with E-state index in [0.717, 1.165) is 11.1 Å². The van der Waals surface area contributed by atoms with Crippen molar-refractivity contribution in [3.05, 3.63) is 76.3 Å². The van der Waals surface area contributed by atoms with Crippen LogP contribution >= 0.6 is 11.3 Å². The molecule has 8 nitrogen and oxygen atoms in total. The molecule has 10 heteroatoms. The van der Waals surface area contributed by atoms with Crippen LogP contribution in [-0.2, 0) is 21.2 Å². The SMILES string of the molecule is Cc1cccc(NS(=O)(=O)c2cc(NC(=O)CCc3nc(-c4ccsc4)no3)ccc2C)c1. The molecule has 0 saturated heterocycles. The predicted octanol–water partition coefficient (Wildman–Crippen LogP) is 4.79. The lowest BCUT2D eigenvalue weighted by Crippen LogP contribution is -2.16. The fourth-order valence-corrected chi connectivity index (χ4v) is 5.15. The zero-order valence-electron chi connectivity index (χ0n) is 18.0. The summed E-state index contributed by atoms with van der Waals surface area (Å²) in [5, 5.41) is 10.5. The fraction of sp³-hybridized carbons (Fsp3) is 0.174. The molecule has 4 rings (SSSR count). The van der Waals surface area contributed by atoms with Crippen molar-refractivity contribution in [3.8, 4) is 11.4 Å². The summed E-state index contributed by atoms with van der Waals surface area (Å²) < 4.78 is 33.7. The molecule has 170 valence electrons. The third-order valence-corrected chi connectivity index (χ3v) is 7.05. The predicted molar refractivity (Wildman–Crippen MR) is 128 cm³/mol. The highest BCUT2D eigenvalue weighted by Gasteiger charge is 2.19. The van der Waals surface area contributed by atoms with Crippen LogP contribution in [-0.4, -0.2) is 24.5 Å². The topological polar surface area (TPSA) is 114 Å². The van der Waals surface area contributed by atoms with Gasteiger partial charge in [-0.1, -0.05) is 23.4 Å². The highest BCUT2D eigenvalue weighted by atomic mass is 32.2. The van der Waals surface area contributed by atoms with E-state index in [1.807, 2.05) is 29.8 Å². The van der Waals surface area contributed by atoms with Gasteiger partial charge in [0.1, 0.15) is 0 Å². The smallest absolute Gasteiger partial charge is 0.262 e. The van der Waals surface area contributed by atoms with Crippen LogP contribution in [0.4, 0.5) is 11.4 Å². The van der Waals surface area contributed by atoms with Gasteiger partial charge in [0.25, 0.3) is 10.0 Å². The van der Waals surface area contributed by atoms with E-state index in [4.69, 9.17) is 4.52 Å². The minimum atomic E-state index is -3.83. The van der Waals surface area contributed by atoms with E-state index in [9.17, 15) is 13.2 Å². The first-order chi connectivity index (χ1) is 15.8. The molecule has 4 aromatic rings. The lowest BCUT2D eigenvalue weighted by molar-refractivity contribution is -0.116. The number of rotatable bonds is 8. The van der Waals surface area contributed by atoms with Crippen molar-refractivity contribution in [1.29, 1.82) is 0 Å². The monoisotopic (exact) mass is 482 g/mol. The van der Waals surface area contributed by atoms with Gasteiger partial charge in [0.05, 0.1) is 4.90 Å². The summed E-state index contributed by atoms with van der Waals surface area (Å²) in [7, 11) is -3.83. The summed E-state index contributed by atoms with van der Waals surface area (Å²) in [6.07, 6.45) is 0.387. The molecular formula is C23H22N4O4S2. The maximum atomic E-state index is 12.9. The minimum absolute atomic E-state index is 0.0964. The van der Waals surface area contributed by atoms with Crippen molar-refractivity contribution < 1.29 is 17.7 Å². The van der Waals surface area contributed by atoms with Crippen molar-refractivity contribution in [3.63, 3.8) is 0 Å². The number of benzene rings is 2. The Bertz CT molecular complexity index is 1380. The second kappa shape index (κ2) is 9.55. The van der Waals surface area contributed by atoms with Gasteiger partial charge in [-0.25, -0.2) is 8.42 Å². The fourth-order valence-electron chi connectivity index (χ4n) is 3.20. The van der Waals surface area contributed by atoms with Crippen LogP contribution in [0, 0.1) is 13.8 Å². The zero-order valence-corrected chi connectivity index (χ0v) is 19.7. The molecule has 0 atom stereocenters. The minimum Gasteiger partial charge on any atom is -0.339 e. The number of aryl methyl sites for hydroxylation is 3. The lowest BCUT2D eigenvalue weighted by atomic mass is 10.2. The van der Waals surface area contributed by atoms with Crippen LogP contribution in [0.5, 0.6) is 0 Å². The van der Waals surface area contributed by atoms with Crippen LogP contribution in [0.1, 0.15) is 23.4 Å². The number of thiophene rings is 1. The molecule has 0 aliphatic heterocycles. The molecule has 0 bridgehead atoms. The molecule has 0 unspecified atom stereocenters. The van der Waals surface area contributed by atoms with Crippen LogP contribution < -0.4 is 10.0 Å². The van der Waals surface area contributed by atoms with Crippen molar-refractivity contribution in [2.45, 2.75) is 31.6 Å². The molecule has 1 amide bonds. The average Bonchev–Trinajstić information content (AvgIpc) is 3.45. The van der Waals surface area contributed by atoms with Crippen molar-refractivity contribution in [1.82, 2.24) is 10.1 Å². The number of hydrogen-bond donors (Lipinski definition) is 2. The third-order valence-electron chi connectivity index (χ3n) is 4.85. The molecule has 0 radical (unpaired) electrons. The van der Waals surface area contributed by atoms with E-state index in [-0.39, 0.29) is 23.6 Å². The van der Waals surface area contributed by atoms with Gasteiger partial charge in [-0.2, -0.15) is 16.3 Å². The summed E-state index contributed by atoms with van der Waals surface area (Å²) in [6.45, 7) is 3.59. The largest absolute Gasteiger partial charge is 0.339 e. The number of aromatic nitrogens is 2. The Morgan fingerprint density at radius 3 is 2.70 bits per heavy atom. The maximum Gasteiger partial charge on any atom is 0.262 e. The Balaban J connectivity index is 1.41. The quantitative estimate of drug-likeness (QED) is 0.373. The number of sulfonamides is 1. The molecule has 33 heavy (non-hydrogen) atoms. The standard InChI is InChI=1S/C23H22N4O4S2/c1-15-4-3-5-19(12-15)27-33(29,30)20-13-18(7-6-16(20)2)24-21(28)8-9-22-25-23(26-31-22)17-10-11-32-14-17/h3-7,10-14,27H,8-9H2,1-2H3,(H,24,28). The van der Waals surface area contributed by atoms with Crippen molar-refractivity contribution in [2.24, 2.45) is 0 Å². The zero-order chi connectivity index (χ0) is 23.4. The second-order valence-corrected chi connectivity index (χ2v) is 9.96. The van der Waals surface area contributed by atoms with E-state index in [1.54, 1.807) is 37.3 Å². The summed E-state index contributed by atoms with van der Waals surface area (Å²) in [5.41, 5.74) is 3.24. The van der Waals surface area contributed by atoms with Gasteiger partial charge >= 0.3 is 0 Å². The summed E-state index contributed by atoms with van der Waals surface area (Å²) in [5.74, 6) is 0.561. The van der Waals surface area contributed by atoms with Gasteiger partial charge in [-0.05, 0) is 60.7 Å². The molecule has 2 heterocycles. The highest BCUT2D eigenvalue weighted by molar-refractivity contribution is 7.92. The molecule has 0 aliphatic rings. The Morgan fingerprint density at radius 2 is 1.94 bits per heavy atom. The first-order valence-corrected chi connectivity index (χ1v) is 12.6. The normalized spacial score (nSPS) is 11.3. The van der Waals surface area contributed by atoms with Gasteiger partial charge in [0.15, 0.2) is 0 Å². The second-order valence-electron chi connectivity index (χ2n) is 7.53. The molecule has 0 aliphatic carbocycles. The number of hydrogen-bond acceptors (Lipinski definition) is 7. The van der Waals surface area contributed by atoms with Crippen LogP contribution in [0.25, 0.3) is 11.4 Å². The van der Waals surface area contributed by atoms with E-state index in [1.165, 1.54) is 17.4 Å². The maximum absolute atomic E-state index is 12.9. The number of carbonyl (C=O) groups is 1. The molecule has 0 saturated carbocycles. The molecule has 2 aromatic carbocycles. The van der Waals surface area contributed by atoms with Crippen molar-refractivity contribution in [2.75, 3.05) is 10.0 Å². The van der Waals surface area contributed by atoms with E-state index < -0.39 is 10.0 Å². The molecule has 0 spiro atoms. The molecule has 2 aromatic heterocycles. The Labute approximate surface area is 195 Å². The van der Waals surface area contributed by atoms with E-state index in [0.29, 0.717) is 28.7 Å². The van der Waals surface area contributed by atoms with Gasteiger partial charge in [0.2, 0.25) is 17.6 Å². The molecule has 0 fully saturated rings. The molecular weight excluding hydrogens is 460 g/mol. The average molecular weight is 483 g/mol. The lowest BCUT2D eigenvalue weighted by Gasteiger charge is -2.13. The van der Waals surface area contributed by atoms with Crippen molar-refractivity contribution >= 4 is 38.6 Å². The highest BCUT2D eigenvalue weighted by Crippen LogP contribution is 2.24. The summed E-state index contributed by atoms with van der Waals surface area (Å²) in [4.78, 5) is 16.8. The third kappa shape index (κ3) is 5.65. The summed E-state index contributed by atoms with van der Waals surface area (Å²) >= 11 is 1.53. The Hall–Kier alpha value is -3.50. The summed E-state index contributed by atoms with van der Waals surface area (Å²) in [6, 6.07) is 13.8. The number of nitrogens with one attached hydrogen (secondary N) is 2. The van der Waals surface area contributed by atoms with E-state index in [2.05, 4.69) is 20.2 Å². The van der Waals surface area contributed by atoms with Gasteiger partial charge in [0, 0.05) is 35.2 Å². The van der Waals surface area contributed by atoms with Gasteiger partial charge in [-0.3, -0.25) is 9.52 Å². The Morgan fingerprint density at radius 1 is 1.09 bits per heavy atom. The van der Waals surface area contributed by atoms with Crippen LogP contribution in [0.2, 0.25) is 0 Å². The van der Waals surface area contributed by atoms with Crippen LogP contribution in [0.3, 0.4) is 0 Å². The molecule has 2 N–H and O–H groups in total. The first kappa shape index (κ1) is 22.7. The number of nitrogens with zero attached hydrogens (tertiary/aromatic N) is 2. The number of anilines is 2.